The first-order valence-corrected chi connectivity index (χ1v) is 10.9. The minimum absolute atomic E-state index is 0.105. The maximum Gasteiger partial charge on any atom is 0.287 e. The van der Waals surface area contributed by atoms with Gasteiger partial charge in [-0.3, -0.25) is 9.59 Å². The molecule has 28 heavy (non-hydrogen) atoms. The molecule has 0 atom stereocenters. The Morgan fingerprint density at radius 1 is 1.07 bits per heavy atom. The summed E-state index contributed by atoms with van der Waals surface area (Å²) in [7, 11) is -3.58. The average Bonchev–Trinajstić information content (AvgIpc) is 3.13. The third-order valence-corrected chi connectivity index (χ3v) is 6.79. The van der Waals surface area contributed by atoms with Gasteiger partial charge < -0.3 is 14.6 Å². The summed E-state index contributed by atoms with van der Waals surface area (Å²) in [5, 5.41) is 2.51. The van der Waals surface area contributed by atoms with Gasteiger partial charge in [0.1, 0.15) is 0 Å². The largest absolute Gasteiger partial charge is 0.444 e. The van der Waals surface area contributed by atoms with E-state index in [0.717, 1.165) is 5.56 Å². The average molecular weight is 470 g/mol. The number of furan rings is 1. The quantitative estimate of drug-likeness (QED) is 0.716. The number of halogens is 1. The van der Waals surface area contributed by atoms with Crippen LogP contribution in [0.25, 0.3) is 0 Å². The summed E-state index contributed by atoms with van der Waals surface area (Å²) >= 11 is 3.11. The van der Waals surface area contributed by atoms with E-state index in [1.54, 1.807) is 35.2 Å². The summed E-state index contributed by atoms with van der Waals surface area (Å²) in [6, 6.07) is 9.78. The highest BCUT2D eigenvalue weighted by molar-refractivity contribution is 9.10. The Morgan fingerprint density at radius 3 is 2.29 bits per heavy atom. The number of carbonyl (C=O) groups excluding carboxylic acids is 2. The highest BCUT2D eigenvalue weighted by atomic mass is 79.9. The van der Waals surface area contributed by atoms with E-state index >= 15 is 0 Å². The second-order valence-electron chi connectivity index (χ2n) is 6.38. The lowest BCUT2D eigenvalue weighted by Gasteiger charge is -2.34. The molecule has 10 heteroatoms. The molecule has 1 aliphatic rings. The summed E-state index contributed by atoms with van der Waals surface area (Å²) in [6.07, 6.45) is 0. The second kappa shape index (κ2) is 8.46. The number of sulfonamides is 1. The molecule has 3 rings (SSSR count). The number of nitrogens with zero attached hydrogens (tertiary/aromatic N) is 2. The van der Waals surface area contributed by atoms with Gasteiger partial charge in [0.2, 0.25) is 15.9 Å². The number of carbonyl (C=O) groups is 2. The number of piperazine rings is 1. The van der Waals surface area contributed by atoms with Crippen molar-refractivity contribution >= 4 is 37.8 Å². The van der Waals surface area contributed by atoms with E-state index in [2.05, 4.69) is 21.2 Å². The molecule has 0 unspecified atom stereocenters. The SMILES string of the molecule is Cc1ccc(S(=O)(=O)N2CCN(C(=O)CNC(=O)c3ccc(Br)o3)CC2)cc1. The standard InChI is InChI=1S/C18H20BrN3O5S/c1-13-2-4-14(5-3-13)28(25,26)22-10-8-21(9-11-22)17(23)12-20-18(24)15-6-7-16(19)27-15/h2-7H,8-12H2,1H3,(H,20,24). The zero-order chi connectivity index (χ0) is 20.3. The Bertz CT molecular complexity index is 963. The molecular formula is C18H20BrN3O5S. The summed E-state index contributed by atoms with van der Waals surface area (Å²) < 4.78 is 32.3. The molecule has 150 valence electrons. The first-order valence-electron chi connectivity index (χ1n) is 8.65. The summed E-state index contributed by atoms with van der Waals surface area (Å²) in [6.45, 7) is 2.67. The van der Waals surface area contributed by atoms with Crippen molar-refractivity contribution in [2.24, 2.45) is 0 Å². The molecule has 2 heterocycles. The number of nitrogens with one attached hydrogen (secondary N) is 1. The van der Waals surface area contributed by atoms with Crippen molar-refractivity contribution in [1.82, 2.24) is 14.5 Å². The van der Waals surface area contributed by atoms with Gasteiger partial charge in [0.05, 0.1) is 11.4 Å². The minimum atomic E-state index is -3.58. The number of aryl methyl sites for hydroxylation is 1. The van der Waals surface area contributed by atoms with Crippen LogP contribution < -0.4 is 5.32 Å². The monoisotopic (exact) mass is 469 g/mol. The fourth-order valence-corrected chi connectivity index (χ4v) is 4.56. The number of benzene rings is 1. The normalized spacial score (nSPS) is 15.4. The number of hydrogen-bond donors (Lipinski definition) is 1. The van der Waals surface area contributed by atoms with Crippen LogP contribution >= 0.6 is 15.9 Å². The molecule has 1 fully saturated rings. The van der Waals surface area contributed by atoms with Crippen molar-refractivity contribution in [3.05, 3.63) is 52.4 Å². The predicted molar refractivity (Wildman–Crippen MR) is 105 cm³/mol. The van der Waals surface area contributed by atoms with E-state index in [4.69, 9.17) is 4.42 Å². The van der Waals surface area contributed by atoms with E-state index in [-0.39, 0.29) is 49.3 Å². The lowest BCUT2D eigenvalue weighted by atomic mass is 10.2. The van der Waals surface area contributed by atoms with Crippen LogP contribution in [0.2, 0.25) is 0 Å². The Hall–Kier alpha value is -2.17. The fourth-order valence-electron chi connectivity index (χ4n) is 2.83. The van der Waals surface area contributed by atoms with Gasteiger partial charge >= 0.3 is 0 Å². The molecule has 0 saturated carbocycles. The van der Waals surface area contributed by atoms with Crippen molar-refractivity contribution in [3.8, 4) is 0 Å². The first-order chi connectivity index (χ1) is 13.3. The molecule has 1 N–H and O–H groups in total. The van der Waals surface area contributed by atoms with Crippen molar-refractivity contribution < 1.29 is 22.4 Å². The van der Waals surface area contributed by atoms with E-state index < -0.39 is 15.9 Å². The van der Waals surface area contributed by atoms with Gasteiger partial charge in [0.25, 0.3) is 5.91 Å². The molecule has 1 saturated heterocycles. The minimum Gasteiger partial charge on any atom is -0.444 e. The van der Waals surface area contributed by atoms with Gasteiger partial charge in [0.15, 0.2) is 10.4 Å². The number of hydrogen-bond acceptors (Lipinski definition) is 5. The molecule has 1 aliphatic heterocycles. The lowest BCUT2D eigenvalue weighted by Crippen LogP contribution is -2.52. The van der Waals surface area contributed by atoms with Gasteiger partial charge in [-0.15, -0.1) is 0 Å². The highest BCUT2D eigenvalue weighted by Crippen LogP contribution is 2.18. The smallest absolute Gasteiger partial charge is 0.287 e. The van der Waals surface area contributed by atoms with Crippen molar-refractivity contribution in [2.75, 3.05) is 32.7 Å². The third-order valence-electron chi connectivity index (χ3n) is 4.45. The van der Waals surface area contributed by atoms with Gasteiger partial charge in [-0.2, -0.15) is 4.31 Å². The van der Waals surface area contributed by atoms with E-state index in [9.17, 15) is 18.0 Å². The zero-order valence-corrected chi connectivity index (χ0v) is 17.6. The van der Waals surface area contributed by atoms with Crippen LogP contribution in [0, 0.1) is 6.92 Å². The van der Waals surface area contributed by atoms with Crippen LogP contribution in [0.4, 0.5) is 0 Å². The molecular weight excluding hydrogens is 450 g/mol. The first kappa shape index (κ1) is 20.6. The van der Waals surface area contributed by atoms with E-state index in [0.29, 0.717) is 4.67 Å². The highest BCUT2D eigenvalue weighted by Gasteiger charge is 2.30. The molecule has 1 aromatic heterocycles. The molecule has 2 aromatic rings. The van der Waals surface area contributed by atoms with Crippen LogP contribution in [-0.4, -0.2) is 62.2 Å². The lowest BCUT2D eigenvalue weighted by molar-refractivity contribution is -0.131. The Labute approximate surface area is 171 Å². The van der Waals surface area contributed by atoms with Crippen LogP contribution in [0.1, 0.15) is 16.1 Å². The molecule has 0 aliphatic carbocycles. The maximum absolute atomic E-state index is 12.7. The molecule has 8 nitrogen and oxygen atoms in total. The van der Waals surface area contributed by atoms with Crippen LogP contribution in [0.3, 0.4) is 0 Å². The predicted octanol–water partition coefficient (Wildman–Crippen LogP) is 1.61. The Morgan fingerprint density at radius 2 is 1.71 bits per heavy atom. The summed E-state index contributed by atoms with van der Waals surface area (Å²) in [4.78, 5) is 26.0. The van der Waals surface area contributed by atoms with Crippen LogP contribution in [-0.2, 0) is 14.8 Å². The zero-order valence-electron chi connectivity index (χ0n) is 15.2. The molecule has 1 aromatic carbocycles. The van der Waals surface area contributed by atoms with Crippen LogP contribution in [0.5, 0.6) is 0 Å². The maximum atomic E-state index is 12.7. The molecule has 2 amide bonds. The number of rotatable bonds is 5. The van der Waals surface area contributed by atoms with Crippen LogP contribution in [0.15, 0.2) is 50.4 Å². The van der Waals surface area contributed by atoms with E-state index in [1.807, 2.05) is 6.92 Å². The summed E-state index contributed by atoms with van der Waals surface area (Å²) in [5.74, 6) is -0.653. The molecule has 0 bridgehead atoms. The second-order valence-corrected chi connectivity index (χ2v) is 9.10. The van der Waals surface area contributed by atoms with Crippen molar-refractivity contribution in [3.63, 3.8) is 0 Å². The Kier molecular flexibility index (Phi) is 6.21. The molecule has 0 radical (unpaired) electrons. The van der Waals surface area contributed by atoms with Gasteiger partial charge in [-0.25, -0.2) is 8.42 Å². The third kappa shape index (κ3) is 4.62. The van der Waals surface area contributed by atoms with E-state index in [1.165, 1.54) is 10.4 Å². The Balaban J connectivity index is 1.52. The van der Waals surface area contributed by atoms with Crippen molar-refractivity contribution in [2.45, 2.75) is 11.8 Å². The summed E-state index contributed by atoms with van der Waals surface area (Å²) in [5.41, 5.74) is 0.985. The van der Waals surface area contributed by atoms with Gasteiger partial charge in [0, 0.05) is 26.2 Å². The van der Waals surface area contributed by atoms with Crippen molar-refractivity contribution in [1.29, 1.82) is 0 Å². The molecule has 0 spiro atoms. The fraction of sp³-hybridized carbons (Fsp3) is 0.333. The van der Waals surface area contributed by atoms with Gasteiger partial charge in [-0.05, 0) is 47.1 Å². The number of amides is 2. The van der Waals surface area contributed by atoms with Gasteiger partial charge in [-0.1, -0.05) is 17.7 Å². The topological polar surface area (TPSA) is 99.9 Å².